The monoisotopic (exact) mass is 365 g/mol. The second kappa shape index (κ2) is 7.93. The Labute approximate surface area is 146 Å². The minimum atomic E-state index is -3.45. The molecule has 25 heavy (non-hydrogen) atoms. The van der Waals surface area contributed by atoms with Crippen molar-refractivity contribution in [3.8, 4) is 0 Å². The molecule has 0 N–H and O–H groups in total. The van der Waals surface area contributed by atoms with E-state index < -0.39 is 22.6 Å². The lowest BCUT2D eigenvalue weighted by atomic mass is 10.2. The molecule has 0 atom stereocenters. The van der Waals surface area contributed by atoms with E-state index in [4.69, 9.17) is 4.74 Å². The first-order valence-corrected chi connectivity index (χ1v) is 9.13. The van der Waals surface area contributed by atoms with Crippen molar-refractivity contribution in [3.63, 3.8) is 0 Å². The van der Waals surface area contributed by atoms with E-state index in [0.717, 1.165) is 0 Å². The lowest BCUT2D eigenvalue weighted by Crippen LogP contribution is -2.37. The zero-order chi connectivity index (χ0) is 18.4. The van der Waals surface area contributed by atoms with Gasteiger partial charge in [-0.2, -0.15) is 0 Å². The maximum Gasteiger partial charge on any atom is 0.340 e. The Morgan fingerprint density at radius 2 is 1.96 bits per heavy atom. The van der Waals surface area contributed by atoms with Crippen LogP contribution in [0.25, 0.3) is 0 Å². The Morgan fingerprint density at radius 3 is 2.60 bits per heavy atom. The molecular formula is C16H19N3O5S. The Hall–Kier alpha value is -2.68. The van der Waals surface area contributed by atoms with Crippen LogP contribution in [0.15, 0.2) is 53.6 Å². The summed E-state index contributed by atoms with van der Waals surface area (Å²) in [6, 6.07) is 0. The topological polar surface area (TPSA) is 96.4 Å². The number of hydrogen-bond donors (Lipinski definition) is 0. The molecule has 1 amide bonds. The average molecular weight is 365 g/mol. The number of amides is 1. The summed E-state index contributed by atoms with van der Waals surface area (Å²) >= 11 is 0. The van der Waals surface area contributed by atoms with Crippen LogP contribution in [0.4, 0.5) is 0 Å². The second-order valence-corrected chi connectivity index (χ2v) is 7.05. The standard InChI is InChI=1S/C16H19N3O5S/c1-3-7-18(8-4-2)15(20)12-24-16(21)13-5-6-14-17-25(22,23)10-9-19(14)11-13/h3-6,11H,1-2,7-10,12H2. The van der Waals surface area contributed by atoms with E-state index >= 15 is 0 Å². The summed E-state index contributed by atoms with van der Waals surface area (Å²) in [5, 5.41) is 0. The fourth-order valence-electron chi connectivity index (χ4n) is 2.21. The zero-order valence-corrected chi connectivity index (χ0v) is 14.4. The molecule has 0 aliphatic carbocycles. The first-order chi connectivity index (χ1) is 11.9. The van der Waals surface area contributed by atoms with Crippen molar-refractivity contribution in [1.29, 1.82) is 0 Å². The van der Waals surface area contributed by atoms with E-state index in [1.807, 2.05) is 0 Å². The summed E-state index contributed by atoms with van der Waals surface area (Å²) in [5.74, 6) is -0.907. The van der Waals surface area contributed by atoms with Crippen LogP contribution in [0, 0.1) is 0 Å². The highest BCUT2D eigenvalue weighted by Crippen LogP contribution is 2.16. The number of ether oxygens (including phenoxy) is 1. The minimum absolute atomic E-state index is 0.125. The van der Waals surface area contributed by atoms with Gasteiger partial charge in [-0.15, -0.1) is 17.6 Å². The van der Waals surface area contributed by atoms with Crippen LogP contribution in [0.3, 0.4) is 0 Å². The normalized spacial score (nSPS) is 17.7. The Kier molecular flexibility index (Phi) is 5.92. The highest BCUT2D eigenvalue weighted by Gasteiger charge is 2.25. The van der Waals surface area contributed by atoms with Crippen LogP contribution < -0.4 is 0 Å². The van der Waals surface area contributed by atoms with Crippen LogP contribution in [0.5, 0.6) is 0 Å². The molecule has 0 aromatic carbocycles. The largest absolute Gasteiger partial charge is 0.452 e. The zero-order valence-electron chi connectivity index (χ0n) is 13.6. The molecule has 8 nitrogen and oxygen atoms in total. The third-order valence-electron chi connectivity index (χ3n) is 3.44. The number of carbonyl (C=O) groups is 2. The number of hydrogen-bond acceptors (Lipinski definition) is 6. The summed E-state index contributed by atoms with van der Waals surface area (Å²) < 4.78 is 31.6. The van der Waals surface area contributed by atoms with Crippen molar-refractivity contribution in [2.45, 2.75) is 0 Å². The predicted molar refractivity (Wildman–Crippen MR) is 93.1 cm³/mol. The predicted octanol–water partition coefficient (Wildman–Crippen LogP) is 0.228. The van der Waals surface area contributed by atoms with Crippen molar-refractivity contribution in [2.75, 3.05) is 32.0 Å². The van der Waals surface area contributed by atoms with Gasteiger partial charge >= 0.3 is 5.97 Å². The van der Waals surface area contributed by atoms with Crippen molar-refractivity contribution in [3.05, 3.63) is 49.2 Å². The molecule has 0 bridgehead atoms. The molecule has 0 fully saturated rings. The van der Waals surface area contributed by atoms with Crippen molar-refractivity contribution in [2.24, 2.45) is 4.40 Å². The van der Waals surface area contributed by atoms with Crippen LogP contribution in [0.2, 0.25) is 0 Å². The number of rotatable bonds is 7. The van der Waals surface area contributed by atoms with Gasteiger partial charge in [-0.1, -0.05) is 12.2 Å². The maximum absolute atomic E-state index is 12.1. The number of nitrogens with zero attached hydrogens (tertiary/aromatic N) is 3. The third kappa shape index (κ3) is 4.90. The van der Waals surface area contributed by atoms with Gasteiger partial charge in [0, 0.05) is 25.8 Å². The summed E-state index contributed by atoms with van der Waals surface area (Å²) in [4.78, 5) is 27.1. The van der Waals surface area contributed by atoms with Crippen LogP contribution >= 0.6 is 0 Å². The van der Waals surface area contributed by atoms with E-state index in [9.17, 15) is 18.0 Å². The van der Waals surface area contributed by atoms with Crippen molar-refractivity contribution >= 4 is 27.7 Å². The number of sulfonamides is 1. The van der Waals surface area contributed by atoms with Crippen molar-refractivity contribution in [1.82, 2.24) is 9.80 Å². The molecule has 0 aromatic heterocycles. The van der Waals surface area contributed by atoms with E-state index in [2.05, 4.69) is 17.6 Å². The number of carbonyl (C=O) groups excluding carboxylic acids is 2. The highest BCUT2D eigenvalue weighted by atomic mass is 32.2. The van der Waals surface area contributed by atoms with Crippen LogP contribution in [-0.4, -0.2) is 67.9 Å². The van der Waals surface area contributed by atoms with Gasteiger partial charge in [0.1, 0.15) is 5.84 Å². The first-order valence-electron chi connectivity index (χ1n) is 7.52. The SMILES string of the molecule is C=CCN(CC=C)C(=O)COC(=O)C1=CN2CCS(=O)(=O)N=C2C=C1. The third-order valence-corrected chi connectivity index (χ3v) is 4.60. The number of amidine groups is 1. The first kappa shape index (κ1) is 18.7. The molecule has 2 heterocycles. The number of esters is 1. The highest BCUT2D eigenvalue weighted by molar-refractivity contribution is 7.90. The molecule has 2 aliphatic heterocycles. The van der Waals surface area contributed by atoms with Gasteiger partial charge in [0.25, 0.3) is 15.9 Å². The van der Waals surface area contributed by atoms with Gasteiger partial charge in [0.2, 0.25) is 0 Å². The van der Waals surface area contributed by atoms with E-state index in [1.165, 1.54) is 23.3 Å². The Bertz CT molecular complexity index is 770. The molecule has 0 saturated carbocycles. The summed E-state index contributed by atoms with van der Waals surface area (Å²) in [6.45, 7) is 7.59. The molecule has 0 saturated heterocycles. The molecule has 0 aromatic rings. The molecule has 2 aliphatic rings. The van der Waals surface area contributed by atoms with E-state index in [-0.39, 0.29) is 29.6 Å². The summed E-state index contributed by atoms with van der Waals surface area (Å²) in [6.07, 6.45) is 7.44. The summed E-state index contributed by atoms with van der Waals surface area (Å²) in [7, 11) is -3.45. The molecule has 9 heteroatoms. The lowest BCUT2D eigenvalue weighted by molar-refractivity contribution is -0.148. The van der Waals surface area contributed by atoms with Gasteiger partial charge in [0.15, 0.2) is 6.61 Å². The Balaban J connectivity index is 1.97. The van der Waals surface area contributed by atoms with Gasteiger partial charge in [-0.05, 0) is 12.2 Å². The molecular weight excluding hydrogens is 346 g/mol. The quantitative estimate of drug-likeness (QED) is 0.473. The molecule has 0 unspecified atom stereocenters. The fourth-order valence-corrected chi connectivity index (χ4v) is 3.18. The number of fused-ring (bicyclic) bond motifs is 1. The van der Waals surface area contributed by atoms with Gasteiger partial charge < -0.3 is 14.5 Å². The molecule has 0 radical (unpaired) electrons. The molecule has 2 rings (SSSR count). The lowest BCUT2D eigenvalue weighted by Gasteiger charge is -2.26. The average Bonchev–Trinajstić information content (AvgIpc) is 2.58. The van der Waals surface area contributed by atoms with Gasteiger partial charge in [-0.3, -0.25) is 4.79 Å². The van der Waals surface area contributed by atoms with Gasteiger partial charge in [-0.25, -0.2) is 13.2 Å². The minimum Gasteiger partial charge on any atom is -0.452 e. The maximum atomic E-state index is 12.1. The molecule has 134 valence electrons. The molecule has 0 spiro atoms. The van der Waals surface area contributed by atoms with Crippen LogP contribution in [-0.2, 0) is 24.3 Å². The second-order valence-electron chi connectivity index (χ2n) is 5.30. The van der Waals surface area contributed by atoms with E-state index in [0.29, 0.717) is 13.1 Å². The fraction of sp³-hybridized carbons (Fsp3) is 0.312. The smallest absolute Gasteiger partial charge is 0.340 e. The van der Waals surface area contributed by atoms with Gasteiger partial charge in [0.05, 0.1) is 11.3 Å². The van der Waals surface area contributed by atoms with E-state index in [1.54, 1.807) is 17.1 Å². The summed E-state index contributed by atoms with van der Waals surface area (Å²) in [5.41, 5.74) is 0.213. The van der Waals surface area contributed by atoms with Crippen LogP contribution in [0.1, 0.15) is 0 Å². The Morgan fingerprint density at radius 1 is 1.28 bits per heavy atom. The van der Waals surface area contributed by atoms with Crippen molar-refractivity contribution < 1.29 is 22.7 Å².